The average molecular weight is 772 g/mol. The fourth-order valence-corrected chi connectivity index (χ4v) is 8.09. The number of halogens is 6. The number of alkyl halides is 6. The van der Waals surface area contributed by atoms with Crippen molar-refractivity contribution in [3.05, 3.63) is 167 Å². The number of benzene rings is 7. The van der Waals surface area contributed by atoms with E-state index in [0.29, 0.717) is 61.4 Å². The zero-order chi connectivity index (χ0) is 40.5. The van der Waals surface area contributed by atoms with Crippen LogP contribution in [0.3, 0.4) is 0 Å². The van der Waals surface area contributed by atoms with Crippen LogP contribution in [0.2, 0.25) is 0 Å². The maximum Gasteiger partial charge on any atom is 0.417 e. The van der Waals surface area contributed by atoms with Gasteiger partial charge in [0.15, 0.2) is 0 Å². The number of para-hydroxylation sites is 2. The number of aromatic nitrogens is 2. The quantitative estimate of drug-likeness (QED) is 0.167. The highest BCUT2D eigenvalue weighted by Gasteiger charge is 2.39. The Balaban J connectivity index is 1.50. The molecule has 11 heteroatoms. The Morgan fingerprint density at radius 2 is 0.931 bits per heavy atom. The Labute approximate surface area is 325 Å². The van der Waals surface area contributed by atoms with E-state index in [4.69, 9.17) is 0 Å². The molecule has 0 spiro atoms. The number of nitriles is 3. The maximum absolute atomic E-state index is 15.1. The first kappa shape index (κ1) is 35.9. The SMILES string of the molecule is N#Cc1ccc2c(c1)c1ccccc1n2-c1cccc(C#N)c1-c1c(-c2ccc(C(F)(F)F)cc2C(F)(F)F)cccc1-n1c2ccccc2c2cc(C#N)ccc21. The third kappa shape index (κ3) is 5.54. The van der Waals surface area contributed by atoms with Gasteiger partial charge >= 0.3 is 12.4 Å². The summed E-state index contributed by atoms with van der Waals surface area (Å²) in [6.07, 6.45) is -10.3. The van der Waals surface area contributed by atoms with Gasteiger partial charge in [-0.1, -0.05) is 60.7 Å². The van der Waals surface area contributed by atoms with Crippen LogP contribution >= 0.6 is 0 Å². The Bertz CT molecular complexity index is 3310. The number of nitrogens with zero attached hydrogens (tertiary/aromatic N) is 5. The van der Waals surface area contributed by atoms with E-state index in [-0.39, 0.29) is 28.3 Å². The average Bonchev–Trinajstić information content (AvgIpc) is 3.74. The largest absolute Gasteiger partial charge is 0.417 e. The van der Waals surface area contributed by atoms with Gasteiger partial charge in [0, 0.05) is 32.7 Å². The van der Waals surface area contributed by atoms with E-state index in [1.165, 1.54) is 12.1 Å². The summed E-state index contributed by atoms with van der Waals surface area (Å²) in [6.45, 7) is 0. The Morgan fingerprint density at radius 1 is 0.414 bits per heavy atom. The smallest absolute Gasteiger partial charge is 0.309 e. The molecule has 7 aromatic carbocycles. The molecule has 0 unspecified atom stereocenters. The number of rotatable bonds is 4. The summed E-state index contributed by atoms with van der Waals surface area (Å²) in [4.78, 5) is 0. The highest BCUT2D eigenvalue weighted by atomic mass is 19.4. The third-order valence-electron chi connectivity index (χ3n) is 10.5. The van der Waals surface area contributed by atoms with Gasteiger partial charge < -0.3 is 9.13 Å². The second kappa shape index (κ2) is 13.2. The summed E-state index contributed by atoms with van der Waals surface area (Å²) >= 11 is 0. The molecule has 0 fully saturated rings. The van der Waals surface area contributed by atoms with Gasteiger partial charge in [0.05, 0.1) is 79.5 Å². The lowest BCUT2D eigenvalue weighted by atomic mass is 9.86. The minimum atomic E-state index is -5.22. The molecule has 9 rings (SSSR count). The molecule has 0 saturated carbocycles. The first-order valence-corrected chi connectivity index (χ1v) is 17.8. The van der Waals surface area contributed by atoms with Gasteiger partial charge in [-0.2, -0.15) is 42.1 Å². The van der Waals surface area contributed by atoms with Gasteiger partial charge in [0.2, 0.25) is 0 Å². The van der Waals surface area contributed by atoms with Gasteiger partial charge in [-0.3, -0.25) is 0 Å². The lowest BCUT2D eigenvalue weighted by Gasteiger charge is -2.24. The van der Waals surface area contributed by atoms with Crippen molar-refractivity contribution in [3.63, 3.8) is 0 Å². The highest BCUT2D eigenvalue weighted by Crippen LogP contribution is 2.49. The van der Waals surface area contributed by atoms with Gasteiger partial charge in [-0.15, -0.1) is 0 Å². The zero-order valence-electron chi connectivity index (χ0n) is 29.8. The molecule has 0 aliphatic carbocycles. The predicted octanol–water partition coefficient (Wildman–Crippen LogP) is 12.9. The van der Waals surface area contributed by atoms with E-state index in [9.17, 15) is 29.0 Å². The lowest BCUT2D eigenvalue weighted by Crippen LogP contribution is -2.13. The second-order valence-corrected chi connectivity index (χ2v) is 13.7. The fourth-order valence-electron chi connectivity index (χ4n) is 8.09. The van der Waals surface area contributed by atoms with Crippen LogP contribution in [0.4, 0.5) is 26.3 Å². The molecule has 0 N–H and O–H groups in total. The topological polar surface area (TPSA) is 81.2 Å². The van der Waals surface area contributed by atoms with Gasteiger partial charge in [0.25, 0.3) is 0 Å². The molecule has 0 saturated heterocycles. The first-order valence-electron chi connectivity index (χ1n) is 17.8. The summed E-state index contributed by atoms with van der Waals surface area (Å²) in [5.74, 6) is 0. The molecular formula is C47H23F6N5. The summed E-state index contributed by atoms with van der Waals surface area (Å²) in [5, 5.41) is 33.3. The first-order chi connectivity index (χ1) is 27.9. The number of hydrogen-bond acceptors (Lipinski definition) is 3. The molecule has 0 aliphatic rings. The van der Waals surface area contributed by atoms with Gasteiger partial charge in [-0.05, 0) is 90.0 Å². The minimum Gasteiger partial charge on any atom is -0.309 e. The summed E-state index contributed by atoms with van der Waals surface area (Å²) < 4.78 is 91.0. The van der Waals surface area contributed by atoms with Crippen molar-refractivity contribution in [1.29, 1.82) is 15.8 Å². The summed E-state index contributed by atoms with van der Waals surface area (Å²) in [6, 6.07) is 42.7. The molecule has 0 amide bonds. The molecule has 58 heavy (non-hydrogen) atoms. The van der Waals surface area contributed by atoms with Crippen molar-refractivity contribution in [3.8, 4) is 51.8 Å². The van der Waals surface area contributed by atoms with Crippen LogP contribution in [0.25, 0.3) is 77.2 Å². The molecule has 0 bridgehead atoms. The molecular weight excluding hydrogens is 749 g/mol. The molecule has 0 atom stereocenters. The molecule has 9 aromatic rings. The van der Waals surface area contributed by atoms with Crippen molar-refractivity contribution < 1.29 is 26.3 Å². The molecule has 2 aromatic heterocycles. The second-order valence-electron chi connectivity index (χ2n) is 13.7. The molecule has 2 heterocycles. The van der Waals surface area contributed by atoms with Gasteiger partial charge in [0.1, 0.15) is 0 Å². The van der Waals surface area contributed by atoms with E-state index < -0.39 is 29.0 Å². The van der Waals surface area contributed by atoms with Crippen molar-refractivity contribution in [2.45, 2.75) is 12.4 Å². The molecule has 0 radical (unpaired) electrons. The van der Waals surface area contributed by atoms with Crippen LogP contribution in [0, 0.1) is 34.0 Å². The predicted molar refractivity (Wildman–Crippen MR) is 210 cm³/mol. The Morgan fingerprint density at radius 3 is 1.45 bits per heavy atom. The number of hydrogen-bond donors (Lipinski definition) is 0. The van der Waals surface area contributed by atoms with Crippen LogP contribution in [-0.4, -0.2) is 9.13 Å². The Hall–Kier alpha value is -7.81. The van der Waals surface area contributed by atoms with E-state index in [2.05, 4.69) is 18.2 Å². The third-order valence-corrected chi connectivity index (χ3v) is 10.5. The molecule has 0 aliphatic heterocycles. The van der Waals surface area contributed by atoms with Crippen molar-refractivity contribution in [2.75, 3.05) is 0 Å². The van der Waals surface area contributed by atoms with Crippen molar-refractivity contribution in [1.82, 2.24) is 9.13 Å². The van der Waals surface area contributed by atoms with Crippen LogP contribution in [0.1, 0.15) is 27.8 Å². The van der Waals surface area contributed by atoms with E-state index in [1.807, 2.05) is 51.6 Å². The van der Waals surface area contributed by atoms with Crippen molar-refractivity contribution in [2.24, 2.45) is 0 Å². The van der Waals surface area contributed by atoms with Crippen LogP contribution < -0.4 is 0 Å². The molecule has 278 valence electrons. The van der Waals surface area contributed by atoms with Gasteiger partial charge in [-0.25, -0.2) is 0 Å². The highest BCUT2D eigenvalue weighted by molar-refractivity contribution is 6.13. The van der Waals surface area contributed by atoms with Crippen molar-refractivity contribution >= 4 is 43.6 Å². The summed E-state index contributed by atoms with van der Waals surface area (Å²) in [5.41, 5.74) is 0.945. The van der Waals surface area contributed by atoms with Crippen LogP contribution in [0.5, 0.6) is 0 Å². The zero-order valence-corrected chi connectivity index (χ0v) is 29.8. The number of fused-ring (bicyclic) bond motifs is 6. The van der Waals surface area contributed by atoms with E-state index in [1.54, 1.807) is 66.7 Å². The molecule has 5 nitrogen and oxygen atoms in total. The van der Waals surface area contributed by atoms with Crippen LogP contribution in [0.15, 0.2) is 140 Å². The Kier molecular flexibility index (Phi) is 8.13. The maximum atomic E-state index is 15.1. The van der Waals surface area contributed by atoms with E-state index >= 15 is 13.2 Å². The fraction of sp³-hybridized carbons (Fsp3) is 0.0426. The standard InChI is InChI=1S/C47H23F6N5/c48-46(49,50)30-17-18-31(37(23-30)47(51,52)53)34-10-6-14-43(58-39-12-4-2-9-33(39)36-22-28(25-55)16-20-41(36)58)45(34)44-29(26-56)7-5-13-42(44)57-38-11-3-1-8-32(38)35-21-27(24-54)15-19-40(35)57/h1-23H. The lowest BCUT2D eigenvalue weighted by molar-refractivity contribution is -0.142. The monoisotopic (exact) mass is 771 g/mol. The minimum absolute atomic E-state index is 0.0744. The van der Waals surface area contributed by atoms with Crippen LogP contribution in [-0.2, 0) is 12.4 Å². The van der Waals surface area contributed by atoms with E-state index in [0.717, 1.165) is 16.8 Å². The normalized spacial score (nSPS) is 11.9. The summed E-state index contributed by atoms with van der Waals surface area (Å²) in [7, 11) is 0.